The summed E-state index contributed by atoms with van der Waals surface area (Å²) in [7, 11) is -3.93. The zero-order chi connectivity index (χ0) is 25.5. The van der Waals surface area contributed by atoms with Crippen LogP contribution < -0.4 is 9.92 Å². The highest BCUT2D eigenvalue weighted by molar-refractivity contribution is 7.87. The second-order valence-electron chi connectivity index (χ2n) is 9.50. The highest BCUT2D eigenvalue weighted by atomic mass is 32.2. The van der Waals surface area contributed by atoms with Crippen LogP contribution in [0.5, 0.6) is 5.75 Å². The number of nitrogens with two attached hydrogens (primary N) is 1. The van der Waals surface area contributed by atoms with Gasteiger partial charge in [-0.1, -0.05) is 60.7 Å². The van der Waals surface area contributed by atoms with Crippen molar-refractivity contribution in [3.8, 4) is 5.75 Å². The first-order valence-corrected chi connectivity index (χ1v) is 13.0. The predicted octanol–water partition coefficient (Wildman–Crippen LogP) is 5.09. The Kier molecular flexibility index (Phi) is 8.70. The van der Waals surface area contributed by atoms with Crippen molar-refractivity contribution in [2.75, 3.05) is 6.54 Å². The SMILES string of the molecule is CC(C)(C)OC(=O)CC(CN)C(Cc1ccccc1)c1ccc(OS(=O)(=O)c2ccccc2)cc1. The van der Waals surface area contributed by atoms with Gasteiger partial charge in [-0.2, -0.15) is 8.42 Å². The Bertz CT molecular complexity index is 1190. The summed E-state index contributed by atoms with van der Waals surface area (Å²) in [5.74, 6) is -0.313. The monoisotopic (exact) mass is 495 g/mol. The van der Waals surface area contributed by atoms with Gasteiger partial charge in [-0.3, -0.25) is 4.79 Å². The van der Waals surface area contributed by atoms with Crippen LogP contribution >= 0.6 is 0 Å². The largest absolute Gasteiger partial charge is 0.460 e. The molecule has 0 bridgehead atoms. The van der Waals surface area contributed by atoms with E-state index in [0.717, 1.165) is 11.1 Å². The first-order chi connectivity index (χ1) is 16.6. The van der Waals surface area contributed by atoms with Crippen molar-refractivity contribution >= 4 is 16.1 Å². The summed E-state index contributed by atoms with van der Waals surface area (Å²) in [5.41, 5.74) is 7.63. The van der Waals surface area contributed by atoms with Gasteiger partial charge in [0.05, 0.1) is 6.42 Å². The van der Waals surface area contributed by atoms with E-state index in [4.69, 9.17) is 14.7 Å². The van der Waals surface area contributed by atoms with Crippen molar-refractivity contribution in [1.82, 2.24) is 0 Å². The van der Waals surface area contributed by atoms with Crippen LogP contribution in [0.2, 0.25) is 0 Å². The summed E-state index contributed by atoms with van der Waals surface area (Å²) in [6, 6.07) is 24.9. The van der Waals surface area contributed by atoms with Crippen LogP contribution in [0.25, 0.3) is 0 Å². The van der Waals surface area contributed by atoms with Crippen LogP contribution in [0.3, 0.4) is 0 Å². The van der Waals surface area contributed by atoms with E-state index >= 15 is 0 Å². The summed E-state index contributed by atoms with van der Waals surface area (Å²) in [5, 5.41) is 0. The molecular weight excluding hydrogens is 462 g/mol. The Morgan fingerprint density at radius 3 is 2.00 bits per heavy atom. The maximum absolute atomic E-state index is 12.6. The Morgan fingerprint density at radius 2 is 1.46 bits per heavy atom. The second kappa shape index (κ2) is 11.5. The average Bonchev–Trinajstić information content (AvgIpc) is 2.82. The van der Waals surface area contributed by atoms with Gasteiger partial charge in [0.2, 0.25) is 0 Å². The van der Waals surface area contributed by atoms with Crippen LogP contribution in [-0.2, 0) is 26.1 Å². The lowest BCUT2D eigenvalue weighted by Gasteiger charge is -2.28. The molecule has 35 heavy (non-hydrogen) atoms. The van der Waals surface area contributed by atoms with E-state index in [1.54, 1.807) is 30.3 Å². The summed E-state index contributed by atoms with van der Waals surface area (Å²) in [6.07, 6.45) is 0.861. The molecule has 0 fully saturated rings. The molecule has 0 aliphatic carbocycles. The van der Waals surface area contributed by atoms with Gasteiger partial charge >= 0.3 is 16.1 Å². The standard InChI is InChI=1S/C28H33NO5S/c1-28(2,3)33-27(30)19-23(20-29)26(18-21-10-6-4-7-11-21)22-14-16-24(17-15-22)34-35(31,32)25-12-8-5-9-13-25/h4-17,23,26H,18-20,29H2,1-3H3. The molecule has 0 aliphatic heterocycles. The smallest absolute Gasteiger partial charge is 0.339 e. The summed E-state index contributed by atoms with van der Waals surface area (Å²) >= 11 is 0. The lowest BCUT2D eigenvalue weighted by molar-refractivity contribution is -0.156. The first-order valence-electron chi connectivity index (χ1n) is 11.6. The minimum atomic E-state index is -3.93. The maximum atomic E-state index is 12.6. The average molecular weight is 496 g/mol. The van der Waals surface area contributed by atoms with Crippen molar-refractivity contribution in [3.05, 3.63) is 96.1 Å². The third-order valence-corrected chi connectivity index (χ3v) is 6.83. The van der Waals surface area contributed by atoms with Crippen molar-refractivity contribution in [3.63, 3.8) is 0 Å². The van der Waals surface area contributed by atoms with E-state index in [2.05, 4.69) is 0 Å². The molecule has 7 heteroatoms. The van der Waals surface area contributed by atoms with Gasteiger partial charge < -0.3 is 14.7 Å². The molecule has 0 radical (unpaired) electrons. The summed E-state index contributed by atoms with van der Waals surface area (Å²) in [4.78, 5) is 12.7. The number of hydrogen-bond donors (Lipinski definition) is 1. The van der Waals surface area contributed by atoms with Gasteiger partial charge in [-0.05, 0) is 81.0 Å². The molecule has 3 aromatic rings. The molecule has 3 rings (SSSR count). The van der Waals surface area contributed by atoms with Crippen molar-refractivity contribution in [1.29, 1.82) is 0 Å². The fraction of sp³-hybridized carbons (Fsp3) is 0.321. The molecule has 2 atom stereocenters. The van der Waals surface area contributed by atoms with Crippen LogP contribution in [0, 0.1) is 5.92 Å². The van der Waals surface area contributed by atoms with Gasteiger partial charge in [0.25, 0.3) is 0 Å². The molecule has 0 heterocycles. The third-order valence-electron chi connectivity index (χ3n) is 5.57. The zero-order valence-electron chi connectivity index (χ0n) is 20.4. The van der Waals surface area contributed by atoms with E-state index in [1.807, 2.05) is 63.2 Å². The minimum Gasteiger partial charge on any atom is -0.460 e. The summed E-state index contributed by atoms with van der Waals surface area (Å²) < 4.78 is 36.0. The van der Waals surface area contributed by atoms with Gasteiger partial charge in [0.1, 0.15) is 16.2 Å². The van der Waals surface area contributed by atoms with Crippen LogP contribution in [0.15, 0.2) is 89.8 Å². The highest BCUT2D eigenvalue weighted by Crippen LogP contribution is 2.33. The van der Waals surface area contributed by atoms with Crippen molar-refractivity contribution in [2.45, 2.75) is 50.0 Å². The molecule has 0 aromatic heterocycles. The number of carbonyl (C=O) groups is 1. The van der Waals surface area contributed by atoms with E-state index in [0.29, 0.717) is 13.0 Å². The maximum Gasteiger partial charge on any atom is 0.339 e. The molecule has 2 N–H and O–H groups in total. The van der Waals surface area contributed by atoms with E-state index in [1.165, 1.54) is 12.1 Å². The molecule has 0 saturated heterocycles. The van der Waals surface area contributed by atoms with E-state index in [-0.39, 0.29) is 34.9 Å². The number of rotatable bonds is 10. The second-order valence-corrected chi connectivity index (χ2v) is 11.0. The Hall–Kier alpha value is -3.16. The number of carbonyl (C=O) groups excluding carboxylic acids is 1. The Labute approximate surface area is 208 Å². The van der Waals surface area contributed by atoms with E-state index in [9.17, 15) is 13.2 Å². The normalized spacial score (nSPS) is 13.6. The van der Waals surface area contributed by atoms with Gasteiger partial charge in [0.15, 0.2) is 0 Å². The first kappa shape index (κ1) is 26.4. The van der Waals surface area contributed by atoms with Crippen LogP contribution in [0.4, 0.5) is 0 Å². The Balaban J connectivity index is 1.84. The Morgan fingerprint density at radius 1 is 0.886 bits per heavy atom. The summed E-state index contributed by atoms with van der Waals surface area (Å²) in [6.45, 7) is 5.82. The highest BCUT2D eigenvalue weighted by Gasteiger charge is 2.28. The number of benzene rings is 3. The van der Waals surface area contributed by atoms with Gasteiger partial charge in [-0.15, -0.1) is 0 Å². The number of ether oxygens (including phenoxy) is 1. The fourth-order valence-electron chi connectivity index (χ4n) is 3.94. The minimum absolute atomic E-state index is 0.0744. The molecule has 186 valence electrons. The van der Waals surface area contributed by atoms with Gasteiger partial charge in [0, 0.05) is 0 Å². The topological polar surface area (TPSA) is 95.7 Å². The quantitative estimate of drug-likeness (QED) is 0.311. The molecular formula is C28H33NO5S. The molecule has 0 spiro atoms. The van der Waals surface area contributed by atoms with Crippen molar-refractivity contribution < 1.29 is 22.1 Å². The van der Waals surface area contributed by atoms with E-state index < -0.39 is 15.7 Å². The van der Waals surface area contributed by atoms with Crippen LogP contribution in [-0.4, -0.2) is 26.5 Å². The van der Waals surface area contributed by atoms with Crippen molar-refractivity contribution in [2.24, 2.45) is 11.7 Å². The molecule has 0 saturated carbocycles. The molecule has 0 amide bonds. The zero-order valence-corrected chi connectivity index (χ0v) is 21.2. The third kappa shape index (κ3) is 7.94. The number of esters is 1. The lowest BCUT2D eigenvalue weighted by Crippen LogP contribution is -2.30. The molecule has 2 unspecified atom stereocenters. The molecule has 0 aliphatic rings. The molecule has 6 nitrogen and oxygen atoms in total. The molecule has 3 aromatic carbocycles. The number of hydrogen-bond acceptors (Lipinski definition) is 6. The van der Waals surface area contributed by atoms with Gasteiger partial charge in [-0.25, -0.2) is 0 Å². The fourth-order valence-corrected chi connectivity index (χ4v) is 4.90. The predicted molar refractivity (Wildman–Crippen MR) is 137 cm³/mol. The lowest BCUT2D eigenvalue weighted by atomic mass is 9.80. The van der Waals surface area contributed by atoms with Crippen LogP contribution in [0.1, 0.15) is 44.2 Å².